The number of rotatable bonds is 8. The quantitative estimate of drug-likeness (QED) is 0.439. The van der Waals surface area contributed by atoms with Gasteiger partial charge in [0.25, 0.3) is 5.91 Å². The van der Waals surface area contributed by atoms with Crippen molar-refractivity contribution < 1.29 is 29.7 Å². The average molecular weight is 420 g/mol. The van der Waals surface area contributed by atoms with Gasteiger partial charge in [-0.25, -0.2) is 9.59 Å². The second-order valence-corrected chi connectivity index (χ2v) is 6.84. The van der Waals surface area contributed by atoms with Gasteiger partial charge >= 0.3 is 11.9 Å². The van der Waals surface area contributed by atoms with Gasteiger partial charge in [-0.05, 0) is 36.2 Å². The molecule has 0 saturated heterocycles. The van der Waals surface area contributed by atoms with Crippen molar-refractivity contribution in [2.75, 3.05) is 0 Å². The maximum atomic E-state index is 12.8. The Balaban J connectivity index is 1.87. The van der Waals surface area contributed by atoms with Crippen LogP contribution in [0.4, 0.5) is 0 Å². The van der Waals surface area contributed by atoms with Crippen LogP contribution in [0, 0.1) is 0 Å². The van der Waals surface area contributed by atoms with E-state index in [9.17, 15) is 29.7 Å². The SMILES string of the molecule is O=C(N[C@H](Cc1ccccc1)[C@@H](O)C(=O)O)c1cccc(-c2ncccc2C(=O)O)c1. The van der Waals surface area contributed by atoms with E-state index in [1.165, 1.54) is 30.5 Å². The van der Waals surface area contributed by atoms with Gasteiger partial charge in [0.15, 0.2) is 6.10 Å². The van der Waals surface area contributed by atoms with Crippen LogP contribution >= 0.6 is 0 Å². The van der Waals surface area contributed by atoms with E-state index >= 15 is 0 Å². The number of nitrogens with zero attached hydrogens (tertiary/aromatic N) is 1. The predicted molar refractivity (Wildman–Crippen MR) is 112 cm³/mol. The summed E-state index contributed by atoms with van der Waals surface area (Å²) in [6.07, 6.45) is -0.238. The van der Waals surface area contributed by atoms with E-state index in [-0.39, 0.29) is 23.2 Å². The van der Waals surface area contributed by atoms with Crippen molar-refractivity contribution in [3.8, 4) is 11.3 Å². The van der Waals surface area contributed by atoms with Gasteiger partial charge in [-0.3, -0.25) is 9.78 Å². The number of carboxylic acid groups (broad SMARTS) is 2. The van der Waals surface area contributed by atoms with E-state index in [1.54, 1.807) is 42.5 Å². The van der Waals surface area contributed by atoms with Crippen LogP contribution in [0.1, 0.15) is 26.3 Å². The maximum absolute atomic E-state index is 12.8. The van der Waals surface area contributed by atoms with E-state index < -0.39 is 30.0 Å². The Kier molecular flexibility index (Phi) is 6.74. The molecule has 0 saturated carbocycles. The summed E-state index contributed by atoms with van der Waals surface area (Å²) in [5.41, 5.74) is 1.54. The third kappa shape index (κ3) is 5.31. The fourth-order valence-electron chi connectivity index (χ4n) is 3.15. The van der Waals surface area contributed by atoms with Crippen LogP contribution in [0.25, 0.3) is 11.3 Å². The monoisotopic (exact) mass is 420 g/mol. The summed E-state index contributed by atoms with van der Waals surface area (Å²) in [6.45, 7) is 0. The Morgan fingerprint density at radius 2 is 1.68 bits per heavy atom. The minimum atomic E-state index is -1.80. The maximum Gasteiger partial charge on any atom is 0.337 e. The normalized spacial score (nSPS) is 12.5. The molecule has 2 aromatic carbocycles. The van der Waals surface area contributed by atoms with Gasteiger partial charge in [0.1, 0.15) is 0 Å². The number of aliphatic carboxylic acids is 1. The molecular formula is C23H20N2O6. The van der Waals surface area contributed by atoms with Crippen molar-refractivity contribution in [3.63, 3.8) is 0 Å². The number of aromatic carboxylic acids is 1. The molecule has 8 nitrogen and oxygen atoms in total. The van der Waals surface area contributed by atoms with Crippen LogP contribution < -0.4 is 5.32 Å². The first-order chi connectivity index (χ1) is 14.9. The third-order valence-corrected chi connectivity index (χ3v) is 4.69. The number of aromatic nitrogens is 1. The van der Waals surface area contributed by atoms with Gasteiger partial charge in [0.2, 0.25) is 0 Å². The van der Waals surface area contributed by atoms with Crippen LogP contribution in [-0.2, 0) is 11.2 Å². The second-order valence-electron chi connectivity index (χ2n) is 6.84. The van der Waals surface area contributed by atoms with Crippen molar-refractivity contribution in [3.05, 3.63) is 89.6 Å². The lowest BCUT2D eigenvalue weighted by Gasteiger charge is -2.22. The summed E-state index contributed by atoms with van der Waals surface area (Å²) < 4.78 is 0. The van der Waals surface area contributed by atoms with Crippen molar-refractivity contribution in [1.29, 1.82) is 0 Å². The van der Waals surface area contributed by atoms with E-state index in [0.717, 1.165) is 5.56 Å². The molecule has 3 aromatic rings. The minimum absolute atomic E-state index is 0.0108. The smallest absolute Gasteiger partial charge is 0.337 e. The van der Waals surface area contributed by atoms with Gasteiger partial charge in [0.05, 0.1) is 17.3 Å². The zero-order chi connectivity index (χ0) is 22.4. The van der Waals surface area contributed by atoms with Gasteiger partial charge in [0, 0.05) is 17.3 Å². The third-order valence-electron chi connectivity index (χ3n) is 4.69. The van der Waals surface area contributed by atoms with Gasteiger partial charge in [-0.1, -0.05) is 42.5 Å². The molecule has 0 unspecified atom stereocenters. The average Bonchev–Trinajstić information content (AvgIpc) is 2.78. The highest BCUT2D eigenvalue weighted by Crippen LogP contribution is 2.22. The molecule has 0 aliphatic heterocycles. The van der Waals surface area contributed by atoms with E-state index in [0.29, 0.717) is 5.56 Å². The van der Waals surface area contributed by atoms with Gasteiger partial charge in [-0.15, -0.1) is 0 Å². The van der Waals surface area contributed by atoms with Crippen LogP contribution in [0.3, 0.4) is 0 Å². The Bertz CT molecular complexity index is 1100. The molecule has 158 valence electrons. The summed E-state index contributed by atoms with van der Waals surface area (Å²) in [6, 6.07) is 16.9. The molecule has 1 amide bonds. The second kappa shape index (κ2) is 9.64. The number of carboxylic acids is 2. The molecule has 2 atom stereocenters. The van der Waals surface area contributed by atoms with Crippen LogP contribution in [0.2, 0.25) is 0 Å². The first kappa shape index (κ1) is 21.7. The fourth-order valence-corrected chi connectivity index (χ4v) is 3.15. The highest BCUT2D eigenvalue weighted by Gasteiger charge is 2.28. The minimum Gasteiger partial charge on any atom is -0.479 e. The number of aliphatic hydroxyl groups is 1. The number of benzene rings is 2. The molecule has 0 spiro atoms. The topological polar surface area (TPSA) is 137 Å². The Morgan fingerprint density at radius 1 is 0.935 bits per heavy atom. The first-order valence-corrected chi connectivity index (χ1v) is 9.41. The molecule has 0 aliphatic carbocycles. The van der Waals surface area contributed by atoms with Crippen molar-refractivity contribution in [2.24, 2.45) is 0 Å². The van der Waals surface area contributed by atoms with Crippen molar-refractivity contribution >= 4 is 17.8 Å². The highest BCUT2D eigenvalue weighted by molar-refractivity contribution is 5.98. The lowest BCUT2D eigenvalue weighted by atomic mass is 9.99. The van der Waals surface area contributed by atoms with Gasteiger partial charge in [-0.2, -0.15) is 0 Å². The Labute approximate surface area is 177 Å². The van der Waals surface area contributed by atoms with E-state index in [1.807, 2.05) is 0 Å². The highest BCUT2D eigenvalue weighted by atomic mass is 16.4. The summed E-state index contributed by atoms with van der Waals surface area (Å²) in [4.78, 5) is 39.7. The fraction of sp³-hybridized carbons (Fsp3) is 0.130. The summed E-state index contributed by atoms with van der Waals surface area (Å²) in [7, 11) is 0. The van der Waals surface area contributed by atoms with Crippen LogP contribution in [0.15, 0.2) is 72.9 Å². The lowest BCUT2D eigenvalue weighted by Crippen LogP contribution is -2.48. The molecule has 3 rings (SSSR count). The Morgan fingerprint density at radius 3 is 2.35 bits per heavy atom. The molecule has 1 aromatic heterocycles. The standard InChI is InChI=1S/C23H20N2O6/c26-20(23(30)31)18(12-14-6-2-1-3-7-14)25-21(27)16-9-4-8-15(13-16)19-17(22(28)29)10-5-11-24-19/h1-11,13,18,20,26H,12H2,(H,25,27)(H,28,29)(H,30,31)/t18-,20-/m1/s1. The van der Waals surface area contributed by atoms with E-state index in [2.05, 4.69) is 10.3 Å². The molecule has 8 heteroatoms. The molecule has 1 heterocycles. The summed E-state index contributed by atoms with van der Waals surface area (Å²) >= 11 is 0. The number of carbonyl (C=O) groups is 3. The largest absolute Gasteiger partial charge is 0.479 e. The molecule has 0 radical (unpaired) electrons. The first-order valence-electron chi connectivity index (χ1n) is 9.41. The van der Waals surface area contributed by atoms with Crippen molar-refractivity contribution in [1.82, 2.24) is 10.3 Å². The Hall–Kier alpha value is -4.04. The number of nitrogens with one attached hydrogen (secondary N) is 1. The molecule has 31 heavy (non-hydrogen) atoms. The molecule has 0 bridgehead atoms. The lowest BCUT2D eigenvalue weighted by molar-refractivity contribution is -0.148. The molecule has 4 N–H and O–H groups in total. The number of pyridine rings is 1. The van der Waals surface area contributed by atoms with Crippen molar-refractivity contribution in [2.45, 2.75) is 18.6 Å². The summed E-state index contributed by atoms with van der Waals surface area (Å²) in [5, 5.41) is 31.3. The summed E-state index contributed by atoms with van der Waals surface area (Å²) in [5.74, 6) is -3.20. The predicted octanol–water partition coefficient (Wildman–Crippen LogP) is 2.23. The number of hydrogen-bond acceptors (Lipinski definition) is 5. The van der Waals surface area contributed by atoms with E-state index in [4.69, 9.17) is 0 Å². The molecule has 0 fully saturated rings. The van der Waals surface area contributed by atoms with Gasteiger partial charge < -0.3 is 20.6 Å². The molecular weight excluding hydrogens is 400 g/mol. The number of hydrogen-bond donors (Lipinski definition) is 4. The van der Waals surface area contributed by atoms with Crippen LogP contribution in [-0.4, -0.2) is 50.3 Å². The number of amides is 1. The number of aliphatic hydroxyl groups excluding tert-OH is 1. The zero-order valence-electron chi connectivity index (χ0n) is 16.3. The molecule has 0 aliphatic rings. The number of carbonyl (C=O) groups excluding carboxylic acids is 1. The zero-order valence-corrected chi connectivity index (χ0v) is 16.3. The van der Waals surface area contributed by atoms with Crippen LogP contribution in [0.5, 0.6) is 0 Å².